The second-order valence-electron chi connectivity index (χ2n) is 4.45. The third-order valence-corrected chi connectivity index (χ3v) is 4.32. The smallest absolute Gasteiger partial charge is 0.0616 e. The Kier molecular flexibility index (Phi) is 3.86. The van der Waals surface area contributed by atoms with Crippen LogP contribution in [0.1, 0.15) is 55.5 Å². The van der Waals surface area contributed by atoms with Gasteiger partial charge in [0.25, 0.3) is 0 Å². The molecule has 0 fully saturated rings. The maximum absolute atomic E-state index is 3.86. The number of rotatable bonds is 4. The Morgan fingerprint density at radius 1 is 1.06 bits per heavy atom. The summed E-state index contributed by atoms with van der Waals surface area (Å²) >= 11 is 3.86. The molecule has 0 spiro atoms. The summed E-state index contributed by atoms with van der Waals surface area (Å²) < 4.78 is 0. The maximum atomic E-state index is 3.86. The lowest BCUT2D eigenvalue weighted by Crippen LogP contribution is -1.89. The number of halogens is 1. The predicted molar refractivity (Wildman–Crippen MR) is 74.8 cm³/mol. The number of benzene rings is 1. The molecule has 0 heterocycles. The first-order chi connectivity index (χ1) is 7.79. The standard InChI is InChI=1S/C15H19Br/c1-3-7-11-12-9-5-6-10-14(12)15(16)13(11)8-4-2/h5-6,9-10,15H,3-4,7-8H2,1-2H3. The molecule has 0 bridgehead atoms. The molecule has 0 amide bonds. The second-order valence-corrected chi connectivity index (χ2v) is 5.37. The molecule has 0 radical (unpaired) electrons. The molecule has 1 aromatic carbocycles. The van der Waals surface area contributed by atoms with Gasteiger partial charge in [0, 0.05) is 0 Å². The number of hydrogen-bond acceptors (Lipinski definition) is 0. The molecule has 0 nitrogen and oxygen atoms in total. The van der Waals surface area contributed by atoms with Crippen molar-refractivity contribution >= 4 is 21.5 Å². The Morgan fingerprint density at radius 2 is 1.75 bits per heavy atom. The van der Waals surface area contributed by atoms with Gasteiger partial charge in [0.05, 0.1) is 4.83 Å². The van der Waals surface area contributed by atoms with Crippen LogP contribution in [0.3, 0.4) is 0 Å². The molecule has 1 aliphatic carbocycles. The van der Waals surface area contributed by atoms with Gasteiger partial charge >= 0.3 is 0 Å². The molecular weight excluding hydrogens is 260 g/mol. The molecule has 0 aromatic heterocycles. The highest BCUT2D eigenvalue weighted by Gasteiger charge is 2.27. The Morgan fingerprint density at radius 3 is 2.44 bits per heavy atom. The van der Waals surface area contributed by atoms with E-state index in [0.29, 0.717) is 4.83 Å². The van der Waals surface area contributed by atoms with E-state index in [1.54, 1.807) is 11.1 Å². The van der Waals surface area contributed by atoms with Crippen molar-refractivity contribution in [3.05, 3.63) is 41.0 Å². The van der Waals surface area contributed by atoms with E-state index in [4.69, 9.17) is 0 Å². The zero-order valence-electron chi connectivity index (χ0n) is 10.1. The van der Waals surface area contributed by atoms with E-state index in [1.165, 1.54) is 36.8 Å². The largest absolute Gasteiger partial charge is 0.0790 e. The van der Waals surface area contributed by atoms with Crippen molar-refractivity contribution in [3.8, 4) is 0 Å². The van der Waals surface area contributed by atoms with Crippen LogP contribution < -0.4 is 0 Å². The molecule has 1 aromatic rings. The van der Waals surface area contributed by atoms with Gasteiger partial charge in [-0.1, -0.05) is 66.9 Å². The molecule has 1 unspecified atom stereocenters. The van der Waals surface area contributed by atoms with Gasteiger partial charge in [0.15, 0.2) is 0 Å². The molecule has 0 N–H and O–H groups in total. The van der Waals surface area contributed by atoms with Gasteiger partial charge in [0.2, 0.25) is 0 Å². The molecule has 2 rings (SSSR count). The zero-order valence-corrected chi connectivity index (χ0v) is 11.7. The summed E-state index contributed by atoms with van der Waals surface area (Å²) in [5.41, 5.74) is 6.16. The Hall–Kier alpha value is -0.560. The van der Waals surface area contributed by atoms with Crippen LogP contribution in [-0.4, -0.2) is 0 Å². The van der Waals surface area contributed by atoms with Crippen molar-refractivity contribution < 1.29 is 0 Å². The molecule has 0 saturated carbocycles. The SMILES string of the molecule is CCCC1=C(CCC)C(Br)c2ccccc21. The molecule has 1 heteroatoms. The third-order valence-electron chi connectivity index (χ3n) is 3.27. The molecular formula is C15H19Br. The fraction of sp³-hybridized carbons (Fsp3) is 0.467. The van der Waals surface area contributed by atoms with Crippen LogP contribution in [0.15, 0.2) is 29.8 Å². The van der Waals surface area contributed by atoms with Crippen LogP contribution >= 0.6 is 15.9 Å². The van der Waals surface area contributed by atoms with Crippen LogP contribution in [0, 0.1) is 0 Å². The van der Waals surface area contributed by atoms with E-state index in [9.17, 15) is 0 Å². The first-order valence-corrected chi connectivity index (χ1v) is 7.16. The highest BCUT2D eigenvalue weighted by molar-refractivity contribution is 9.09. The lowest BCUT2D eigenvalue weighted by Gasteiger charge is -2.09. The summed E-state index contributed by atoms with van der Waals surface area (Å²) in [6, 6.07) is 8.83. The third kappa shape index (κ3) is 1.98. The van der Waals surface area contributed by atoms with Gasteiger partial charge in [-0.2, -0.15) is 0 Å². The van der Waals surface area contributed by atoms with Crippen molar-refractivity contribution in [1.82, 2.24) is 0 Å². The number of hydrogen-bond donors (Lipinski definition) is 0. The average molecular weight is 279 g/mol. The zero-order chi connectivity index (χ0) is 11.5. The van der Waals surface area contributed by atoms with Crippen molar-refractivity contribution in [2.45, 2.75) is 44.4 Å². The number of allylic oxidation sites excluding steroid dienone is 2. The molecule has 0 aliphatic heterocycles. The van der Waals surface area contributed by atoms with Crippen LogP contribution in [0.5, 0.6) is 0 Å². The van der Waals surface area contributed by atoms with Gasteiger partial charge in [-0.3, -0.25) is 0 Å². The molecule has 16 heavy (non-hydrogen) atoms. The van der Waals surface area contributed by atoms with Crippen LogP contribution in [-0.2, 0) is 0 Å². The summed E-state index contributed by atoms with van der Waals surface area (Å²) in [6.07, 6.45) is 4.91. The number of alkyl halides is 1. The maximum Gasteiger partial charge on any atom is 0.0616 e. The van der Waals surface area contributed by atoms with E-state index in [2.05, 4.69) is 54.0 Å². The first kappa shape index (κ1) is 11.9. The minimum absolute atomic E-state index is 0.463. The minimum Gasteiger partial charge on any atom is -0.0790 e. The fourth-order valence-corrected chi connectivity index (χ4v) is 3.50. The summed E-state index contributed by atoms with van der Waals surface area (Å²) in [5, 5.41) is 0. The topological polar surface area (TPSA) is 0 Å². The highest BCUT2D eigenvalue weighted by atomic mass is 79.9. The first-order valence-electron chi connectivity index (χ1n) is 6.24. The highest BCUT2D eigenvalue weighted by Crippen LogP contribution is 2.48. The van der Waals surface area contributed by atoms with Gasteiger partial charge in [0.1, 0.15) is 0 Å². The molecule has 1 aliphatic rings. The summed E-state index contributed by atoms with van der Waals surface area (Å²) in [4.78, 5) is 0.463. The average Bonchev–Trinajstić information content (AvgIpc) is 2.57. The van der Waals surface area contributed by atoms with Gasteiger partial charge in [-0.25, -0.2) is 0 Å². The Bertz CT molecular complexity index is 404. The summed E-state index contributed by atoms with van der Waals surface area (Å²) in [6.45, 7) is 4.53. The van der Waals surface area contributed by atoms with Crippen molar-refractivity contribution in [2.75, 3.05) is 0 Å². The lowest BCUT2D eigenvalue weighted by molar-refractivity contribution is 0.869. The van der Waals surface area contributed by atoms with Crippen molar-refractivity contribution in [1.29, 1.82) is 0 Å². The lowest BCUT2D eigenvalue weighted by atomic mass is 9.99. The van der Waals surface area contributed by atoms with Crippen LogP contribution in [0.4, 0.5) is 0 Å². The van der Waals surface area contributed by atoms with E-state index >= 15 is 0 Å². The quantitative estimate of drug-likeness (QED) is 0.639. The normalized spacial score (nSPS) is 19.1. The van der Waals surface area contributed by atoms with E-state index in [0.717, 1.165) is 0 Å². The summed E-state index contributed by atoms with van der Waals surface area (Å²) in [7, 11) is 0. The van der Waals surface area contributed by atoms with E-state index < -0.39 is 0 Å². The molecule has 86 valence electrons. The van der Waals surface area contributed by atoms with E-state index in [1.807, 2.05) is 0 Å². The second kappa shape index (κ2) is 5.18. The molecule has 0 saturated heterocycles. The van der Waals surface area contributed by atoms with Crippen LogP contribution in [0.2, 0.25) is 0 Å². The Labute approximate surface area is 107 Å². The van der Waals surface area contributed by atoms with Crippen molar-refractivity contribution in [3.63, 3.8) is 0 Å². The van der Waals surface area contributed by atoms with Gasteiger partial charge in [-0.15, -0.1) is 0 Å². The fourth-order valence-electron chi connectivity index (χ4n) is 2.60. The van der Waals surface area contributed by atoms with Crippen LogP contribution in [0.25, 0.3) is 5.57 Å². The Balaban J connectivity index is 2.44. The monoisotopic (exact) mass is 278 g/mol. The number of fused-ring (bicyclic) bond motifs is 1. The summed E-state index contributed by atoms with van der Waals surface area (Å²) in [5.74, 6) is 0. The van der Waals surface area contributed by atoms with E-state index in [-0.39, 0.29) is 0 Å². The van der Waals surface area contributed by atoms with Gasteiger partial charge < -0.3 is 0 Å². The minimum atomic E-state index is 0.463. The van der Waals surface area contributed by atoms with Crippen molar-refractivity contribution in [2.24, 2.45) is 0 Å². The molecule has 1 atom stereocenters. The predicted octanol–water partition coefficient (Wildman–Crippen LogP) is 5.49. The van der Waals surface area contributed by atoms with Gasteiger partial charge in [-0.05, 0) is 35.1 Å².